The summed E-state index contributed by atoms with van der Waals surface area (Å²) >= 11 is 6.03. The molecule has 1 fully saturated rings. The number of carbonyl (C=O) groups is 1. The summed E-state index contributed by atoms with van der Waals surface area (Å²) in [6.45, 7) is 2.68. The average Bonchev–Trinajstić information content (AvgIpc) is 3.30. The van der Waals surface area contributed by atoms with Gasteiger partial charge in [0.05, 0.1) is 0 Å². The molecule has 4 rings (SSSR count). The average molecular weight is 450 g/mol. The Labute approximate surface area is 180 Å². The van der Waals surface area contributed by atoms with Crippen molar-refractivity contribution in [2.45, 2.75) is 43.6 Å². The highest BCUT2D eigenvalue weighted by Crippen LogP contribution is 2.55. The summed E-state index contributed by atoms with van der Waals surface area (Å²) in [7, 11) is -2.97. The SMILES string of the molecule is CCC1(CCNC(=O)c2ccc(S(C)(=N)=O)o2)CC(c2nc3cc(Cl)ccc3o2)C1. The van der Waals surface area contributed by atoms with E-state index in [1.165, 1.54) is 18.4 Å². The number of carbonyl (C=O) groups excluding carboxylic acids is 1. The molecule has 2 aromatic heterocycles. The Balaban J connectivity index is 1.33. The van der Waals surface area contributed by atoms with Crippen LogP contribution in [0.2, 0.25) is 5.02 Å². The van der Waals surface area contributed by atoms with Crippen molar-refractivity contribution in [2.24, 2.45) is 5.41 Å². The fourth-order valence-corrected chi connectivity index (χ4v) is 4.85. The molecular weight excluding hydrogens is 426 g/mol. The number of oxazole rings is 1. The Morgan fingerprint density at radius 3 is 2.77 bits per heavy atom. The number of rotatable bonds is 7. The highest BCUT2D eigenvalue weighted by Gasteiger charge is 2.45. The fourth-order valence-electron chi connectivity index (χ4n) is 4.10. The van der Waals surface area contributed by atoms with Crippen LogP contribution in [0.15, 0.2) is 44.3 Å². The molecule has 160 valence electrons. The van der Waals surface area contributed by atoms with Gasteiger partial charge in [-0.1, -0.05) is 24.9 Å². The molecule has 1 atom stereocenters. The van der Waals surface area contributed by atoms with Crippen LogP contribution < -0.4 is 5.32 Å². The van der Waals surface area contributed by atoms with Crippen LogP contribution in [0.5, 0.6) is 0 Å². The first-order valence-corrected chi connectivity index (χ1v) is 12.2. The standard InChI is InChI=1S/C21H24ClN3O4S/c1-3-21(8-9-24-19(26)17-6-7-18(28-17)30(2,23)27)11-13(12-21)20-25-15-10-14(22)4-5-16(15)29-20/h4-7,10,13,23H,3,8-9,11-12H2,1-2H3,(H,24,26). The third-order valence-electron chi connectivity index (χ3n) is 5.95. The normalized spacial score (nSPS) is 23.1. The molecule has 1 unspecified atom stereocenters. The van der Waals surface area contributed by atoms with E-state index in [1.54, 1.807) is 6.07 Å². The first kappa shape index (κ1) is 20.9. The van der Waals surface area contributed by atoms with E-state index in [2.05, 4.69) is 17.2 Å². The lowest BCUT2D eigenvalue weighted by molar-refractivity contribution is 0.0677. The van der Waals surface area contributed by atoms with Gasteiger partial charge in [0, 0.05) is 23.7 Å². The molecule has 1 aliphatic rings. The zero-order valence-corrected chi connectivity index (χ0v) is 18.4. The second kappa shape index (κ2) is 7.74. The monoisotopic (exact) mass is 449 g/mol. The van der Waals surface area contributed by atoms with E-state index in [1.807, 2.05) is 12.1 Å². The molecule has 1 aromatic carbocycles. The summed E-state index contributed by atoms with van der Waals surface area (Å²) in [4.78, 5) is 16.9. The minimum atomic E-state index is -2.97. The van der Waals surface area contributed by atoms with Gasteiger partial charge in [-0.05, 0) is 55.0 Å². The molecule has 0 spiro atoms. The predicted octanol–water partition coefficient (Wildman–Crippen LogP) is 5.20. The maximum atomic E-state index is 12.3. The number of benzene rings is 1. The van der Waals surface area contributed by atoms with Gasteiger partial charge in [-0.25, -0.2) is 14.0 Å². The summed E-state index contributed by atoms with van der Waals surface area (Å²) in [5.41, 5.74) is 1.67. The van der Waals surface area contributed by atoms with Crippen LogP contribution in [-0.4, -0.2) is 27.9 Å². The van der Waals surface area contributed by atoms with Crippen LogP contribution in [0.25, 0.3) is 11.1 Å². The first-order chi connectivity index (χ1) is 14.2. The van der Waals surface area contributed by atoms with Crippen molar-refractivity contribution >= 4 is 38.3 Å². The smallest absolute Gasteiger partial charge is 0.287 e. The molecule has 1 saturated carbocycles. The minimum Gasteiger partial charge on any atom is -0.441 e. The molecular formula is C21H24ClN3O4S. The van der Waals surface area contributed by atoms with E-state index in [4.69, 9.17) is 25.2 Å². The van der Waals surface area contributed by atoms with Crippen LogP contribution in [0.1, 0.15) is 55.0 Å². The van der Waals surface area contributed by atoms with Gasteiger partial charge in [0.2, 0.25) is 0 Å². The first-order valence-electron chi connectivity index (χ1n) is 9.87. The van der Waals surface area contributed by atoms with Crippen molar-refractivity contribution < 1.29 is 17.8 Å². The van der Waals surface area contributed by atoms with Crippen molar-refractivity contribution in [1.82, 2.24) is 10.3 Å². The lowest BCUT2D eigenvalue weighted by atomic mass is 9.59. The van der Waals surface area contributed by atoms with Crippen molar-refractivity contribution in [1.29, 1.82) is 4.78 Å². The topological polar surface area (TPSA) is 109 Å². The van der Waals surface area contributed by atoms with Crippen molar-refractivity contribution in [2.75, 3.05) is 12.8 Å². The molecule has 2 heterocycles. The van der Waals surface area contributed by atoms with E-state index in [-0.39, 0.29) is 28.1 Å². The third kappa shape index (κ3) is 4.11. The minimum absolute atomic E-state index is 0.0131. The Kier molecular flexibility index (Phi) is 5.40. The van der Waals surface area contributed by atoms with Gasteiger partial charge >= 0.3 is 0 Å². The van der Waals surface area contributed by atoms with E-state index in [0.29, 0.717) is 11.6 Å². The van der Waals surface area contributed by atoms with Gasteiger partial charge in [-0.3, -0.25) is 4.79 Å². The lowest BCUT2D eigenvalue weighted by Crippen LogP contribution is -2.39. The summed E-state index contributed by atoms with van der Waals surface area (Å²) < 4.78 is 30.4. The van der Waals surface area contributed by atoms with E-state index >= 15 is 0 Å². The van der Waals surface area contributed by atoms with Crippen molar-refractivity contribution in [3.8, 4) is 0 Å². The Morgan fingerprint density at radius 1 is 1.33 bits per heavy atom. The highest BCUT2D eigenvalue weighted by atomic mass is 35.5. The van der Waals surface area contributed by atoms with Crippen molar-refractivity contribution in [3.05, 3.63) is 47.0 Å². The summed E-state index contributed by atoms with van der Waals surface area (Å²) in [5.74, 6) is 0.744. The van der Waals surface area contributed by atoms with Crippen LogP contribution in [0.3, 0.4) is 0 Å². The number of hydrogen-bond acceptors (Lipinski definition) is 6. The Bertz CT molecular complexity index is 1190. The van der Waals surface area contributed by atoms with Gasteiger partial charge in [0.15, 0.2) is 22.3 Å². The summed E-state index contributed by atoms with van der Waals surface area (Å²) in [5, 5.41) is 3.52. The molecule has 2 N–H and O–H groups in total. The Hall–Kier alpha value is -2.32. The maximum absolute atomic E-state index is 12.3. The molecule has 0 saturated heterocycles. The third-order valence-corrected chi connectivity index (χ3v) is 7.18. The number of amides is 1. The molecule has 1 aliphatic carbocycles. The zero-order chi connectivity index (χ0) is 21.5. The predicted molar refractivity (Wildman–Crippen MR) is 114 cm³/mol. The van der Waals surface area contributed by atoms with Crippen LogP contribution in [-0.2, 0) is 9.73 Å². The molecule has 30 heavy (non-hydrogen) atoms. The number of furan rings is 1. The van der Waals surface area contributed by atoms with Gasteiger partial charge in [-0.2, -0.15) is 0 Å². The number of hydrogen-bond donors (Lipinski definition) is 2. The van der Waals surface area contributed by atoms with Crippen molar-refractivity contribution in [3.63, 3.8) is 0 Å². The van der Waals surface area contributed by atoms with E-state index in [9.17, 15) is 9.00 Å². The van der Waals surface area contributed by atoms with Gasteiger partial charge < -0.3 is 14.2 Å². The Morgan fingerprint density at radius 2 is 2.10 bits per heavy atom. The zero-order valence-electron chi connectivity index (χ0n) is 16.9. The van der Waals surface area contributed by atoms with Gasteiger partial charge in [0.1, 0.15) is 15.2 Å². The van der Waals surface area contributed by atoms with Gasteiger partial charge in [-0.15, -0.1) is 0 Å². The van der Waals surface area contributed by atoms with Crippen LogP contribution in [0.4, 0.5) is 0 Å². The number of halogens is 1. The molecule has 0 bridgehead atoms. The fraction of sp³-hybridized carbons (Fsp3) is 0.429. The largest absolute Gasteiger partial charge is 0.441 e. The maximum Gasteiger partial charge on any atom is 0.287 e. The number of nitrogens with one attached hydrogen (secondary N) is 2. The van der Waals surface area contributed by atoms with E-state index < -0.39 is 9.73 Å². The molecule has 3 aromatic rings. The van der Waals surface area contributed by atoms with Crippen LogP contribution in [0, 0.1) is 10.2 Å². The molecule has 7 nitrogen and oxygen atoms in total. The van der Waals surface area contributed by atoms with Gasteiger partial charge in [0.25, 0.3) is 5.91 Å². The number of aromatic nitrogens is 1. The lowest BCUT2D eigenvalue weighted by Gasteiger charge is -2.46. The second-order valence-electron chi connectivity index (χ2n) is 8.09. The number of fused-ring (bicyclic) bond motifs is 1. The molecule has 0 aliphatic heterocycles. The quantitative estimate of drug-likeness (QED) is 0.515. The molecule has 1 amide bonds. The highest BCUT2D eigenvalue weighted by molar-refractivity contribution is 7.91. The summed E-state index contributed by atoms with van der Waals surface area (Å²) in [6, 6.07) is 8.32. The number of nitrogens with zero attached hydrogens (tertiary/aromatic N) is 1. The second-order valence-corrected chi connectivity index (χ2v) is 10.6. The molecule has 0 radical (unpaired) electrons. The van der Waals surface area contributed by atoms with Crippen LogP contribution >= 0.6 is 11.6 Å². The molecule has 9 heteroatoms. The van der Waals surface area contributed by atoms with E-state index in [0.717, 1.165) is 42.7 Å². The summed E-state index contributed by atoms with van der Waals surface area (Å²) in [6.07, 6.45) is 5.03.